The fraction of sp³-hybridized carbons (Fsp3) is 0.412. The number of carbonyl (C=O) groups is 1. The van der Waals surface area contributed by atoms with Crippen LogP contribution in [0.4, 0.5) is 0 Å². The molecule has 6 heteroatoms. The second-order valence-electron chi connectivity index (χ2n) is 5.66. The Kier molecular flexibility index (Phi) is 4.38. The fourth-order valence-electron chi connectivity index (χ4n) is 2.65. The highest BCUT2D eigenvalue weighted by molar-refractivity contribution is 5.90. The van der Waals surface area contributed by atoms with E-state index in [1.807, 2.05) is 13.0 Å². The number of benzene rings is 1. The van der Waals surface area contributed by atoms with Crippen molar-refractivity contribution in [2.45, 2.75) is 38.5 Å². The third-order valence-electron chi connectivity index (χ3n) is 4.07. The van der Waals surface area contributed by atoms with Gasteiger partial charge in [-0.05, 0) is 37.5 Å². The molecule has 1 saturated carbocycles. The van der Waals surface area contributed by atoms with Gasteiger partial charge in [-0.15, -0.1) is 5.10 Å². The molecule has 3 rings (SSSR count). The maximum atomic E-state index is 12.0. The molecule has 0 N–H and O–H groups in total. The zero-order chi connectivity index (χ0) is 16.2. The van der Waals surface area contributed by atoms with Gasteiger partial charge in [0, 0.05) is 5.92 Å². The summed E-state index contributed by atoms with van der Waals surface area (Å²) in [5, 5.41) is 17.3. The molecule has 0 bridgehead atoms. The lowest BCUT2D eigenvalue weighted by Crippen LogP contribution is -2.16. The van der Waals surface area contributed by atoms with E-state index >= 15 is 0 Å². The Morgan fingerprint density at radius 3 is 2.96 bits per heavy atom. The average molecular weight is 310 g/mol. The summed E-state index contributed by atoms with van der Waals surface area (Å²) >= 11 is 0. The monoisotopic (exact) mass is 310 g/mol. The maximum absolute atomic E-state index is 12.0. The summed E-state index contributed by atoms with van der Waals surface area (Å²) in [7, 11) is 0. The number of carbonyl (C=O) groups excluding carboxylic acids is 1. The molecule has 0 atom stereocenters. The average Bonchev–Trinajstić information content (AvgIpc) is 2.94. The highest BCUT2D eigenvalue weighted by atomic mass is 16.5. The standard InChI is InChI=1S/C17H18N4O2/c1-2-9-23-17(22)13-7-4-8-14(10-13)21-16(12-5-3-6-12)15(11-18)19-20-21/h4,7-8,10,12H,2-3,5-6,9H2,1H3. The second-order valence-corrected chi connectivity index (χ2v) is 5.66. The van der Waals surface area contributed by atoms with E-state index in [1.165, 1.54) is 0 Å². The summed E-state index contributed by atoms with van der Waals surface area (Å²) in [5.74, 6) is -0.0325. The lowest BCUT2D eigenvalue weighted by Gasteiger charge is -2.25. The van der Waals surface area contributed by atoms with Crippen LogP contribution in [0.2, 0.25) is 0 Å². The zero-order valence-corrected chi connectivity index (χ0v) is 13.0. The van der Waals surface area contributed by atoms with Crippen LogP contribution in [0.15, 0.2) is 24.3 Å². The molecule has 1 fully saturated rings. The minimum Gasteiger partial charge on any atom is -0.462 e. The molecule has 0 amide bonds. The van der Waals surface area contributed by atoms with Crippen molar-refractivity contribution >= 4 is 5.97 Å². The molecule has 0 radical (unpaired) electrons. The Hall–Kier alpha value is -2.68. The molecule has 23 heavy (non-hydrogen) atoms. The predicted octanol–water partition coefficient (Wildman–Crippen LogP) is 2.97. The van der Waals surface area contributed by atoms with Crippen LogP contribution < -0.4 is 0 Å². The van der Waals surface area contributed by atoms with Crippen LogP contribution in [0.25, 0.3) is 5.69 Å². The normalized spacial score (nSPS) is 14.1. The minimum absolute atomic E-state index is 0.315. The molecule has 1 heterocycles. The van der Waals surface area contributed by atoms with Gasteiger partial charge in [0.05, 0.1) is 23.6 Å². The Balaban J connectivity index is 1.95. The van der Waals surface area contributed by atoms with E-state index in [4.69, 9.17) is 4.74 Å². The van der Waals surface area contributed by atoms with Crippen molar-refractivity contribution in [1.82, 2.24) is 15.0 Å². The van der Waals surface area contributed by atoms with Crippen molar-refractivity contribution in [2.75, 3.05) is 6.61 Å². The van der Waals surface area contributed by atoms with Crippen molar-refractivity contribution in [3.05, 3.63) is 41.2 Å². The number of aromatic nitrogens is 3. The van der Waals surface area contributed by atoms with E-state index in [0.29, 0.717) is 23.8 Å². The van der Waals surface area contributed by atoms with Crippen molar-refractivity contribution in [2.24, 2.45) is 0 Å². The number of nitrogens with zero attached hydrogens (tertiary/aromatic N) is 4. The maximum Gasteiger partial charge on any atom is 0.338 e. The van der Waals surface area contributed by atoms with Gasteiger partial charge in [0.15, 0.2) is 5.69 Å². The Labute approximate surface area is 134 Å². The molecule has 1 aliphatic rings. The van der Waals surface area contributed by atoms with Crippen LogP contribution in [0.5, 0.6) is 0 Å². The second kappa shape index (κ2) is 6.61. The molecular weight excluding hydrogens is 292 g/mol. The zero-order valence-electron chi connectivity index (χ0n) is 13.0. The Bertz CT molecular complexity index is 756. The third-order valence-corrected chi connectivity index (χ3v) is 4.07. The number of hydrogen-bond donors (Lipinski definition) is 0. The molecule has 0 saturated heterocycles. The molecular formula is C17H18N4O2. The third kappa shape index (κ3) is 2.95. The van der Waals surface area contributed by atoms with Gasteiger partial charge in [0.25, 0.3) is 0 Å². The number of ether oxygens (including phenoxy) is 1. The SMILES string of the molecule is CCCOC(=O)c1cccc(-n2nnc(C#N)c2C2CCC2)c1. The van der Waals surface area contributed by atoms with Crippen LogP contribution >= 0.6 is 0 Å². The lowest BCUT2D eigenvalue weighted by molar-refractivity contribution is 0.0505. The Morgan fingerprint density at radius 1 is 1.48 bits per heavy atom. The highest BCUT2D eigenvalue weighted by Gasteiger charge is 2.28. The van der Waals surface area contributed by atoms with Gasteiger partial charge < -0.3 is 4.74 Å². The minimum atomic E-state index is -0.348. The van der Waals surface area contributed by atoms with Gasteiger partial charge >= 0.3 is 5.97 Å². The van der Waals surface area contributed by atoms with Crippen molar-refractivity contribution in [3.8, 4) is 11.8 Å². The predicted molar refractivity (Wildman–Crippen MR) is 83.2 cm³/mol. The summed E-state index contributed by atoms with van der Waals surface area (Å²) in [5.41, 5.74) is 2.42. The van der Waals surface area contributed by atoms with Gasteiger partial charge in [-0.1, -0.05) is 24.6 Å². The fourth-order valence-corrected chi connectivity index (χ4v) is 2.65. The topological polar surface area (TPSA) is 80.8 Å². The van der Waals surface area contributed by atoms with Crippen LogP contribution in [0.3, 0.4) is 0 Å². The molecule has 1 aromatic heterocycles. The van der Waals surface area contributed by atoms with Gasteiger partial charge in [-0.25, -0.2) is 9.48 Å². The molecule has 118 valence electrons. The first kappa shape index (κ1) is 15.2. The van der Waals surface area contributed by atoms with Gasteiger partial charge in [0.1, 0.15) is 6.07 Å². The number of hydrogen-bond acceptors (Lipinski definition) is 5. The number of rotatable bonds is 5. The molecule has 1 aliphatic carbocycles. The first-order chi connectivity index (χ1) is 11.2. The van der Waals surface area contributed by atoms with Crippen LogP contribution in [-0.4, -0.2) is 27.6 Å². The quantitative estimate of drug-likeness (QED) is 0.793. The van der Waals surface area contributed by atoms with Gasteiger partial charge in [-0.3, -0.25) is 0 Å². The number of esters is 1. The van der Waals surface area contributed by atoms with Crippen LogP contribution in [0, 0.1) is 11.3 Å². The molecule has 1 aromatic carbocycles. The molecule has 0 unspecified atom stereocenters. The first-order valence-electron chi connectivity index (χ1n) is 7.87. The summed E-state index contributed by atoms with van der Waals surface area (Å²) < 4.78 is 6.85. The van der Waals surface area contributed by atoms with E-state index in [9.17, 15) is 10.1 Å². The highest BCUT2D eigenvalue weighted by Crippen LogP contribution is 2.38. The summed E-state index contributed by atoms with van der Waals surface area (Å²) in [4.78, 5) is 12.0. The number of nitriles is 1. The smallest absolute Gasteiger partial charge is 0.338 e. The van der Waals surface area contributed by atoms with E-state index < -0.39 is 0 Å². The summed E-state index contributed by atoms with van der Waals surface area (Å²) in [6, 6.07) is 9.20. The largest absolute Gasteiger partial charge is 0.462 e. The molecule has 0 spiro atoms. The first-order valence-corrected chi connectivity index (χ1v) is 7.87. The van der Waals surface area contributed by atoms with E-state index in [-0.39, 0.29) is 5.97 Å². The molecule has 2 aromatic rings. The van der Waals surface area contributed by atoms with E-state index in [2.05, 4.69) is 16.4 Å². The van der Waals surface area contributed by atoms with Gasteiger partial charge in [-0.2, -0.15) is 5.26 Å². The van der Waals surface area contributed by atoms with Crippen molar-refractivity contribution in [1.29, 1.82) is 5.26 Å². The van der Waals surface area contributed by atoms with Crippen molar-refractivity contribution in [3.63, 3.8) is 0 Å². The summed E-state index contributed by atoms with van der Waals surface area (Å²) in [6.45, 7) is 2.35. The Morgan fingerprint density at radius 2 is 2.30 bits per heavy atom. The lowest BCUT2D eigenvalue weighted by atomic mass is 9.82. The van der Waals surface area contributed by atoms with E-state index in [1.54, 1.807) is 22.9 Å². The summed E-state index contributed by atoms with van der Waals surface area (Å²) in [6.07, 6.45) is 4.02. The van der Waals surface area contributed by atoms with Crippen molar-refractivity contribution < 1.29 is 9.53 Å². The van der Waals surface area contributed by atoms with Crippen LogP contribution in [0.1, 0.15) is 60.3 Å². The molecule has 6 nitrogen and oxygen atoms in total. The molecule has 0 aliphatic heterocycles. The van der Waals surface area contributed by atoms with Crippen LogP contribution in [-0.2, 0) is 4.74 Å². The van der Waals surface area contributed by atoms with E-state index in [0.717, 1.165) is 37.1 Å². The van der Waals surface area contributed by atoms with Gasteiger partial charge in [0.2, 0.25) is 0 Å².